The first-order valence-corrected chi connectivity index (χ1v) is 3.49. The van der Waals surface area contributed by atoms with Crippen LogP contribution in [0.1, 0.15) is 19.8 Å². The van der Waals surface area contributed by atoms with E-state index in [1.165, 1.54) is 12.8 Å². The van der Waals surface area contributed by atoms with E-state index in [1.807, 2.05) is 0 Å². The molecule has 0 aliphatic rings. The van der Waals surface area contributed by atoms with Crippen molar-refractivity contribution >= 4 is 0 Å². The summed E-state index contributed by atoms with van der Waals surface area (Å²) < 4.78 is 4.89. The first kappa shape index (κ1) is 6.70. The predicted octanol–water partition coefficient (Wildman–Crippen LogP) is 1.26. The molecule has 1 nitrogen and oxygen atoms in total. The van der Waals surface area contributed by atoms with Gasteiger partial charge in [0.25, 0.3) is 0 Å². The molecule has 36 valence electrons. The van der Waals surface area contributed by atoms with Crippen molar-refractivity contribution in [2.75, 3.05) is 6.61 Å². The molecule has 0 bridgehead atoms. The quantitative estimate of drug-likeness (QED) is 0.689. The summed E-state index contributed by atoms with van der Waals surface area (Å²) in [4.78, 5) is 0. The van der Waals surface area contributed by atoms with Crippen LogP contribution in [0.4, 0.5) is 0 Å². The second kappa shape index (κ2) is 5.70. The van der Waals surface area contributed by atoms with Gasteiger partial charge in [0, 0.05) is 0 Å². The summed E-state index contributed by atoms with van der Waals surface area (Å²) in [6.45, 7) is 3.13. The number of rotatable bonds is 3. The molecule has 0 aliphatic carbocycles. The summed E-state index contributed by atoms with van der Waals surface area (Å²) in [6.07, 6.45) is 2.47. The zero-order chi connectivity index (χ0) is 4.83. The third kappa shape index (κ3) is 4.70. The molecule has 0 heterocycles. The minimum absolute atomic E-state index is 0.963. The summed E-state index contributed by atoms with van der Waals surface area (Å²) in [6, 6.07) is 0. The molecule has 0 aromatic carbocycles. The van der Waals surface area contributed by atoms with Gasteiger partial charge in [0.15, 0.2) is 0 Å². The molecule has 0 amide bonds. The topological polar surface area (TPSA) is 9.23 Å². The van der Waals surface area contributed by atoms with Gasteiger partial charge in [0.05, 0.1) is 0 Å². The first-order chi connectivity index (χ1) is 2.91. The Bertz CT molecular complexity index is 19.5. The van der Waals surface area contributed by atoms with Crippen molar-refractivity contribution in [3.8, 4) is 0 Å². The summed E-state index contributed by atoms with van der Waals surface area (Å²) >= 11 is 1.07. The van der Waals surface area contributed by atoms with Crippen molar-refractivity contribution in [2.24, 2.45) is 0 Å². The molecule has 0 saturated heterocycles. The number of unbranched alkanes of at least 4 members (excludes halogenated alkanes) is 1. The summed E-state index contributed by atoms with van der Waals surface area (Å²) in [5, 5.41) is 0. The van der Waals surface area contributed by atoms with Gasteiger partial charge in [0.1, 0.15) is 0 Å². The first-order valence-electron chi connectivity index (χ1n) is 2.18. The van der Waals surface area contributed by atoms with Gasteiger partial charge in [-0.25, -0.2) is 0 Å². The maximum absolute atomic E-state index is 4.89. The van der Waals surface area contributed by atoms with Crippen molar-refractivity contribution in [1.29, 1.82) is 0 Å². The molecular formula is C4H9OTa. The molecule has 0 aromatic rings. The fourth-order valence-corrected chi connectivity index (χ4v) is 0.673. The van der Waals surface area contributed by atoms with Crippen molar-refractivity contribution in [3.05, 3.63) is 0 Å². The third-order valence-corrected chi connectivity index (χ3v) is 1.25. The fourth-order valence-electron chi connectivity index (χ4n) is 0.209. The van der Waals surface area contributed by atoms with E-state index in [0.717, 1.165) is 28.1 Å². The molecule has 2 heteroatoms. The van der Waals surface area contributed by atoms with Gasteiger partial charge in [-0.15, -0.1) is 0 Å². The van der Waals surface area contributed by atoms with Gasteiger partial charge in [-0.2, -0.15) is 0 Å². The van der Waals surface area contributed by atoms with Crippen molar-refractivity contribution in [3.63, 3.8) is 0 Å². The maximum atomic E-state index is 4.89. The second-order valence-corrected chi connectivity index (χ2v) is 2.11. The van der Waals surface area contributed by atoms with Gasteiger partial charge in [-0.1, -0.05) is 0 Å². The molecule has 0 spiro atoms. The van der Waals surface area contributed by atoms with Gasteiger partial charge in [-0.05, 0) is 0 Å². The molecule has 0 rings (SSSR count). The van der Waals surface area contributed by atoms with Crippen LogP contribution in [0.15, 0.2) is 0 Å². The molecule has 0 atom stereocenters. The standard InChI is InChI=1S/C4H9O.Ta/c1-2-3-4-5;/h2-4H2,1H3;/q-1;+1. The molecule has 0 unspecified atom stereocenters. The van der Waals surface area contributed by atoms with Crippen LogP contribution < -0.4 is 0 Å². The van der Waals surface area contributed by atoms with Gasteiger partial charge in [-0.3, -0.25) is 0 Å². The van der Waals surface area contributed by atoms with E-state index in [1.54, 1.807) is 0 Å². The average molecular weight is 254 g/mol. The molecule has 0 N–H and O–H groups in total. The van der Waals surface area contributed by atoms with E-state index in [2.05, 4.69) is 6.92 Å². The van der Waals surface area contributed by atoms with Crippen LogP contribution in [0.25, 0.3) is 0 Å². The molecule has 6 heavy (non-hydrogen) atoms. The molecule has 0 aliphatic heterocycles. The van der Waals surface area contributed by atoms with Crippen LogP contribution in [0, 0.1) is 0 Å². The molecule has 0 saturated carbocycles. The molecule has 0 aromatic heterocycles. The van der Waals surface area contributed by atoms with Crippen LogP contribution in [0.2, 0.25) is 0 Å². The van der Waals surface area contributed by atoms with E-state index in [-0.39, 0.29) is 0 Å². The summed E-state index contributed by atoms with van der Waals surface area (Å²) in [5.41, 5.74) is 0. The summed E-state index contributed by atoms with van der Waals surface area (Å²) in [5.74, 6) is 0. The minimum atomic E-state index is 0.963. The Morgan fingerprint density at radius 3 is 2.50 bits per heavy atom. The second-order valence-electron chi connectivity index (χ2n) is 1.19. The Kier molecular flexibility index (Phi) is 6.37. The van der Waals surface area contributed by atoms with E-state index < -0.39 is 0 Å². The zero-order valence-corrected chi connectivity index (χ0v) is 7.19. The normalized spacial score (nSPS) is 8.83. The van der Waals surface area contributed by atoms with Crippen LogP contribution >= 0.6 is 0 Å². The van der Waals surface area contributed by atoms with Crippen LogP contribution in [0.3, 0.4) is 0 Å². The van der Waals surface area contributed by atoms with Gasteiger partial charge >= 0.3 is 51.1 Å². The van der Waals surface area contributed by atoms with Crippen LogP contribution in [-0.2, 0) is 24.7 Å². The van der Waals surface area contributed by atoms with Crippen molar-refractivity contribution in [1.82, 2.24) is 0 Å². The van der Waals surface area contributed by atoms with E-state index in [0.29, 0.717) is 0 Å². The third-order valence-electron chi connectivity index (χ3n) is 0.589. The Balaban J connectivity index is 2.34. The van der Waals surface area contributed by atoms with Crippen LogP contribution in [-0.4, -0.2) is 6.61 Å². The number of hydrogen-bond acceptors (Lipinski definition) is 1. The number of hydrogen-bond donors (Lipinski definition) is 0. The summed E-state index contributed by atoms with van der Waals surface area (Å²) in [7, 11) is 0. The van der Waals surface area contributed by atoms with Crippen LogP contribution in [0.5, 0.6) is 0 Å². The Morgan fingerprint density at radius 1 is 1.67 bits per heavy atom. The van der Waals surface area contributed by atoms with Gasteiger partial charge < -0.3 is 0 Å². The molecular weight excluding hydrogens is 245 g/mol. The Hall–Kier alpha value is 0.700. The van der Waals surface area contributed by atoms with E-state index in [9.17, 15) is 0 Å². The van der Waals surface area contributed by atoms with Crippen molar-refractivity contribution in [2.45, 2.75) is 19.8 Å². The van der Waals surface area contributed by atoms with E-state index in [4.69, 9.17) is 3.24 Å². The fraction of sp³-hybridized carbons (Fsp3) is 1.00. The van der Waals surface area contributed by atoms with Crippen molar-refractivity contribution < 1.29 is 24.7 Å². The monoisotopic (exact) mass is 254 g/mol. The molecule has 0 fully saturated rings. The predicted molar refractivity (Wildman–Crippen MR) is 20.9 cm³/mol. The zero-order valence-electron chi connectivity index (χ0n) is 3.98. The average Bonchev–Trinajstić information content (AvgIpc) is 1.61. The Morgan fingerprint density at radius 2 is 2.33 bits per heavy atom. The van der Waals surface area contributed by atoms with E-state index >= 15 is 0 Å². The Labute approximate surface area is 51.5 Å². The molecule has 0 radical (unpaired) electrons. The van der Waals surface area contributed by atoms with Gasteiger partial charge in [0.2, 0.25) is 0 Å². The SMILES string of the molecule is CCCC[O][Ta].